The number of likely N-dealkylation sites (tertiary alicyclic amines) is 2. The van der Waals surface area contributed by atoms with Gasteiger partial charge in [0.15, 0.2) is 0 Å². The summed E-state index contributed by atoms with van der Waals surface area (Å²) in [5.41, 5.74) is 1.27. The van der Waals surface area contributed by atoms with Crippen LogP contribution in [0.3, 0.4) is 0 Å². The predicted octanol–water partition coefficient (Wildman–Crippen LogP) is 4.21. The number of piperidine rings is 1. The van der Waals surface area contributed by atoms with Crippen molar-refractivity contribution in [2.75, 3.05) is 13.1 Å². The Hall–Kier alpha value is -1.84. The molecule has 0 bridgehead atoms. The molecule has 2 aliphatic heterocycles. The SMILES string of the molecule is CC(=O)N1CCCC[C@@H]2[C@H]1[C@@H](c1ccccc1)CCN2C(=O)CC(C)(C)C. The summed E-state index contributed by atoms with van der Waals surface area (Å²) in [7, 11) is 0. The van der Waals surface area contributed by atoms with Crippen LogP contribution in [0.2, 0.25) is 0 Å². The van der Waals surface area contributed by atoms with Gasteiger partial charge in [0.1, 0.15) is 0 Å². The lowest BCUT2D eigenvalue weighted by Gasteiger charge is -2.49. The first-order valence-electron chi connectivity index (χ1n) is 10.4. The summed E-state index contributed by atoms with van der Waals surface area (Å²) in [5, 5.41) is 0. The number of carbonyl (C=O) groups is 2. The lowest BCUT2D eigenvalue weighted by molar-refractivity contribution is -0.144. The summed E-state index contributed by atoms with van der Waals surface area (Å²) >= 11 is 0. The Morgan fingerprint density at radius 2 is 1.70 bits per heavy atom. The molecule has 0 radical (unpaired) electrons. The first kappa shape index (κ1) is 19.9. The van der Waals surface area contributed by atoms with Crippen molar-refractivity contribution in [3.8, 4) is 0 Å². The molecule has 2 heterocycles. The molecule has 1 aromatic carbocycles. The molecule has 148 valence electrons. The molecule has 1 aromatic rings. The second kappa shape index (κ2) is 8.04. The van der Waals surface area contributed by atoms with Crippen molar-refractivity contribution >= 4 is 11.8 Å². The summed E-state index contributed by atoms with van der Waals surface area (Å²) < 4.78 is 0. The Balaban J connectivity index is 1.95. The molecule has 3 rings (SSSR count). The van der Waals surface area contributed by atoms with Gasteiger partial charge in [0.2, 0.25) is 11.8 Å². The van der Waals surface area contributed by atoms with Gasteiger partial charge in [-0.3, -0.25) is 9.59 Å². The highest BCUT2D eigenvalue weighted by Gasteiger charge is 2.45. The fourth-order valence-electron chi connectivity index (χ4n) is 4.90. The van der Waals surface area contributed by atoms with Crippen LogP contribution in [0.5, 0.6) is 0 Å². The molecule has 0 saturated carbocycles. The van der Waals surface area contributed by atoms with Gasteiger partial charge in [-0.1, -0.05) is 51.1 Å². The zero-order valence-corrected chi connectivity index (χ0v) is 17.3. The number of hydrogen-bond donors (Lipinski definition) is 0. The molecule has 2 aliphatic rings. The molecule has 4 heteroatoms. The molecule has 2 amide bonds. The van der Waals surface area contributed by atoms with Crippen LogP contribution in [0.15, 0.2) is 30.3 Å². The van der Waals surface area contributed by atoms with E-state index in [-0.39, 0.29) is 29.3 Å². The summed E-state index contributed by atoms with van der Waals surface area (Å²) in [6, 6.07) is 10.8. The maximum atomic E-state index is 13.1. The molecular formula is C23H34N2O2. The number of nitrogens with zero attached hydrogens (tertiary/aromatic N) is 2. The number of fused-ring (bicyclic) bond motifs is 1. The van der Waals surface area contributed by atoms with Crippen LogP contribution in [-0.2, 0) is 9.59 Å². The highest BCUT2D eigenvalue weighted by molar-refractivity contribution is 5.78. The second-order valence-electron chi connectivity index (χ2n) is 9.40. The van der Waals surface area contributed by atoms with E-state index in [1.165, 1.54) is 5.56 Å². The van der Waals surface area contributed by atoms with E-state index in [2.05, 4.69) is 54.8 Å². The molecule has 2 fully saturated rings. The van der Waals surface area contributed by atoms with E-state index in [1.807, 2.05) is 6.07 Å². The van der Waals surface area contributed by atoms with E-state index in [0.29, 0.717) is 12.3 Å². The lowest BCUT2D eigenvalue weighted by Crippen LogP contribution is -2.60. The van der Waals surface area contributed by atoms with Crippen molar-refractivity contribution in [1.29, 1.82) is 0 Å². The van der Waals surface area contributed by atoms with Gasteiger partial charge in [0.25, 0.3) is 0 Å². The lowest BCUT2D eigenvalue weighted by atomic mass is 9.78. The van der Waals surface area contributed by atoms with Crippen molar-refractivity contribution < 1.29 is 9.59 Å². The Morgan fingerprint density at radius 3 is 2.33 bits per heavy atom. The second-order valence-corrected chi connectivity index (χ2v) is 9.40. The van der Waals surface area contributed by atoms with Gasteiger partial charge in [-0.05, 0) is 36.7 Å². The summed E-state index contributed by atoms with van der Waals surface area (Å²) in [6.07, 6.45) is 4.58. The van der Waals surface area contributed by atoms with E-state index in [9.17, 15) is 9.59 Å². The maximum absolute atomic E-state index is 13.1. The van der Waals surface area contributed by atoms with E-state index in [0.717, 1.165) is 38.8 Å². The van der Waals surface area contributed by atoms with Gasteiger partial charge in [0, 0.05) is 32.4 Å². The van der Waals surface area contributed by atoms with Gasteiger partial charge in [-0.15, -0.1) is 0 Å². The van der Waals surface area contributed by atoms with Crippen molar-refractivity contribution in [2.24, 2.45) is 5.41 Å². The van der Waals surface area contributed by atoms with Crippen molar-refractivity contribution in [3.05, 3.63) is 35.9 Å². The van der Waals surface area contributed by atoms with E-state index in [4.69, 9.17) is 0 Å². The minimum Gasteiger partial charge on any atom is -0.338 e. The summed E-state index contributed by atoms with van der Waals surface area (Å²) in [6.45, 7) is 9.64. The molecule has 0 spiro atoms. The quantitative estimate of drug-likeness (QED) is 0.782. The largest absolute Gasteiger partial charge is 0.338 e. The Kier molecular flexibility index (Phi) is 5.92. The smallest absolute Gasteiger partial charge is 0.223 e. The minimum absolute atomic E-state index is 0.0200. The fraction of sp³-hybridized carbons (Fsp3) is 0.652. The maximum Gasteiger partial charge on any atom is 0.223 e. The molecule has 0 N–H and O–H groups in total. The third-order valence-electron chi connectivity index (χ3n) is 6.03. The molecular weight excluding hydrogens is 336 g/mol. The predicted molar refractivity (Wildman–Crippen MR) is 108 cm³/mol. The van der Waals surface area contributed by atoms with E-state index in [1.54, 1.807) is 6.92 Å². The minimum atomic E-state index is -0.0200. The number of benzene rings is 1. The zero-order valence-electron chi connectivity index (χ0n) is 17.3. The average molecular weight is 371 g/mol. The van der Waals surface area contributed by atoms with Crippen molar-refractivity contribution in [3.63, 3.8) is 0 Å². The first-order chi connectivity index (χ1) is 12.8. The Labute approximate surface area is 163 Å². The normalized spacial score (nSPS) is 26.3. The standard InChI is InChI=1S/C23H34N2O2/c1-17(26)24-14-9-8-12-20-22(24)19(18-10-6-5-7-11-18)13-15-25(20)21(27)16-23(2,3)4/h5-7,10-11,19-20,22H,8-9,12-16H2,1-4H3/t19-,20-,22-/m1/s1. The number of hydrogen-bond acceptors (Lipinski definition) is 2. The monoisotopic (exact) mass is 370 g/mol. The molecule has 0 unspecified atom stereocenters. The molecule has 27 heavy (non-hydrogen) atoms. The molecule has 0 aliphatic carbocycles. The van der Waals surface area contributed by atoms with Gasteiger partial charge in [-0.2, -0.15) is 0 Å². The van der Waals surface area contributed by atoms with Crippen LogP contribution in [0.4, 0.5) is 0 Å². The van der Waals surface area contributed by atoms with E-state index >= 15 is 0 Å². The van der Waals surface area contributed by atoms with Crippen molar-refractivity contribution in [2.45, 2.75) is 77.8 Å². The number of amides is 2. The van der Waals surface area contributed by atoms with Crippen LogP contribution in [0.1, 0.15) is 71.3 Å². The topological polar surface area (TPSA) is 40.6 Å². The molecule has 3 atom stereocenters. The van der Waals surface area contributed by atoms with Crippen molar-refractivity contribution in [1.82, 2.24) is 9.80 Å². The van der Waals surface area contributed by atoms with E-state index < -0.39 is 0 Å². The number of rotatable bonds is 2. The first-order valence-corrected chi connectivity index (χ1v) is 10.4. The van der Waals surface area contributed by atoms with Crippen LogP contribution in [0.25, 0.3) is 0 Å². The highest BCUT2D eigenvalue weighted by atomic mass is 16.2. The zero-order chi connectivity index (χ0) is 19.6. The van der Waals surface area contributed by atoms with Crippen LogP contribution >= 0.6 is 0 Å². The van der Waals surface area contributed by atoms with Gasteiger partial charge in [0.05, 0.1) is 12.1 Å². The van der Waals surface area contributed by atoms with Crippen LogP contribution in [-0.4, -0.2) is 46.8 Å². The summed E-state index contributed by atoms with van der Waals surface area (Å²) in [4.78, 5) is 29.8. The van der Waals surface area contributed by atoms with Crippen LogP contribution in [0, 0.1) is 5.41 Å². The van der Waals surface area contributed by atoms with Gasteiger partial charge in [-0.25, -0.2) is 0 Å². The third kappa shape index (κ3) is 4.53. The molecule has 4 nitrogen and oxygen atoms in total. The third-order valence-corrected chi connectivity index (χ3v) is 6.03. The Morgan fingerprint density at radius 1 is 1.00 bits per heavy atom. The Bertz CT molecular complexity index is 665. The highest BCUT2D eigenvalue weighted by Crippen LogP contribution is 2.39. The number of carbonyl (C=O) groups excluding carboxylic acids is 2. The molecule has 2 saturated heterocycles. The average Bonchev–Trinajstić information content (AvgIpc) is 2.83. The van der Waals surface area contributed by atoms with Gasteiger partial charge < -0.3 is 9.80 Å². The summed E-state index contributed by atoms with van der Waals surface area (Å²) in [5.74, 6) is 0.684. The van der Waals surface area contributed by atoms with Crippen LogP contribution < -0.4 is 0 Å². The van der Waals surface area contributed by atoms with Gasteiger partial charge >= 0.3 is 0 Å². The molecule has 0 aromatic heterocycles. The fourth-order valence-corrected chi connectivity index (χ4v) is 4.90.